The largest absolute Gasteiger partial charge is 0.415 e. The van der Waals surface area contributed by atoms with Gasteiger partial charge in [-0.2, -0.15) is 11.8 Å². The first-order valence-electron chi connectivity index (χ1n) is 10.8. The van der Waals surface area contributed by atoms with E-state index in [1.807, 2.05) is 11.8 Å². The number of hydrogen-bond donors (Lipinski definition) is 0. The van der Waals surface area contributed by atoms with E-state index in [1.54, 1.807) is 0 Å². The summed E-state index contributed by atoms with van der Waals surface area (Å²) in [6, 6.07) is 14.9. The Hall–Kier alpha value is -1.63. The summed E-state index contributed by atoms with van der Waals surface area (Å²) in [5.74, 6) is 3.10. The summed E-state index contributed by atoms with van der Waals surface area (Å²) in [5, 5.41) is 12.0. The quantitative estimate of drug-likeness (QED) is 0.456. The third-order valence-electron chi connectivity index (χ3n) is 6.70. The Balaban J connectivity index is 1.62. The number of thioether (sulfide) groups is 1. The Morgan fingerprint density at radius 3 is 2.60 bits per heavy atom. The molecular formula is C24H33N3OSSi. The molecule has 0 N–H and O–H groups in total. The van der Waals surface area contributed by atoms with E-state index in [2.05, 4.69) is 98.0 Å². The molecule has 1 aliphatic heterocycles. The van der Waals surface area contributed by atoms with E-state index < -0.39 is 8.32 Å². The molecule has 0 spiro atoms. The van der Waals surface area contributed by atoms with Crippen molar-refractivity contribution in [2.45, 2.75) is 63.5 Å². The minimum absolute atomic E-state index is 0.0207. The molecule has 0 bridgehead atoms. The maximum absolute atomic E-state index is 6.62. The Kier molecular flexibility index (Phi) is 5.62. The second kappa shape index (κ2) is 7.81. The van der Waals surface area contributed by atoms with E-state index in [4.69, 9.17) is 4.43 Å². The normalized spacial score (nSPS) is 20.2. The highest BCUT2D eigenvalue weighted by atomic mass is 32.2. The molecule has 0 fully saturated rings. The van der Waals surface area contributed by atoms with Crippen LogP contribution in [-0.4, -0.2) is 40.2 Å². The van der Waals surface area contributed by atoms with Gasteiger partial charge < -0.3 is 8.99 Å². The molecule has 30 heavy (non-hydrogen) atoms. The van der Waals surface area contributed by atoms with Gasteiger partial charge in [0.25, 0.3) is 0 Å². The van der Waals surface area contributed by atoms with Crippen LogP contribution in [0.3, 0.4) is 0 Å². The van der Waals surface area contributed by atoms with Gasteiger partial charge in [-0.1, -0.05) is 63.2 Å². The van der Waals surface area contributed by atoms with E-state index in [-0.39, 0.29) is 9.79 Å². The topological polar surface area (TPSA) is 39.9 Å². The molecular weight excluding hydrogens is 406 g/mol. The summed E-state index contributed by atoms with van der Waals surface area (Å²) < 4.78 is 8.96. The average molecular weight is 440 g/mol. The third kappa shape index (κ3) is 4.10. The van der Waals surface area contributed by atoms with Gasteiger partial charge in [-0.15, -0.1) is 10.2 Å². The van der Waals surface area contributed by atoms with Crippen LogP contribution in [0.4, 0.5) is 0 Å². The van der Waals surface area contributed by atoms with Gasteiger partial charge in [-0.3, -0.25) is 0 Å². The SMILES string of the molecule is CC1(CO[Si](C)(C)C(C)(C)C)Cc2nnc(-c3cccc4ccccc34)n2CCS1. The summed E-state index contributed by atoms with van der Waals surface area (Å²) in [6.07, 6.45) is 0.879. The zero-order valence-electron chi connectivity index (χ0n) is 19.0. The zero-order valence-corrected chi connectivity index (χ0v) is 20.8. The molecule has 1 aromatic heterocycles. The summed E-state index contributed by atoms with van der Waals surface area (Å²) in [4.78, 5) is 0. The molecule has 2 heterocycles. The molecule has 0 saturated heterocycles. The van der Waals surface area contributed by atoms with Crippen molar-refractivity contribution in [1.29, 1.82) is 0 Å². The Labute approximate surface area is 185 Å². The van der Waals surface area contributed by atoms with E-state index >= 15 is 0 Å². The predicted molar refractivity (Wildman–Crippen MR) is 131 cm³/mol. The Bertz CT molecular complexity index is 1050. The van der Waals surface area contributed by atoms with Gasteiger partial charge in [0.2, 0.25) is 0 Å². The van der Waals surface area contributed by atoms with E-state index in [0.29, 0.717) is 0 Å². The molecule has 0 aliphatic carbocycles. The highest BCUT2D eigenvalue weighted by Crippen LogP contribution is 2.40. The van der Waals surface area contributed by atoms with Gasteiger partial charge in [0.05, 0.1) is 0 Å². The fourth-order valence-corrected chi connectivity index (χ4v) is 6.09. The van der Waals surface area contributed by atoms with E-state index in [0.717, 1.165) is 42.5 Å². The molecule has 2 aromatic carbocycles. The first-order chi connectivity index (χ1) is 14.1. The summed E-state index contributed by atoms with van der Waals surface area (Å²) in [5.41, 5.74) is 1.16. The van der Waals surface area contributed by atoms with Crippen molar-refractivity contribution < 1.29 is 4.43 Å². The molecule has 4 rings (SSSR count). The van der Waals surface area contributed by atoms with E-state index in [1.165, 1.54) is 10.8 Å². The van der Waals surface area contributed by atoms with Crippen molar-refractivity contribution in [2.24, 2.45) is 0 Å². The van der Waals surface area contributed by atoms with Crippen LogP contribution >= 0.6 is 11.8 Å². The number of benzene rings is 2. The fourth-order valence-electron chi connectivity index (χ4n) is 3.73. The molecule has 4 nitrogen and oxygen atoms in total. The fraction of sp³-hybridized carbons (Fsp3) is 0.500. The van der Waals surface area contributed by atoms with Gasteiger partial charge in [0.1, 0.15) is 5.82 Å². The first kappa shape index (κ1) is 21.6. The van der Waals surface area contributed by atoms with Crippen LogP contribution in [0.25, 0.3) is 22.2 Å². The standard InChI is InChI=1S/C24H33N3OSSi/c1-23(2,3)30(5,6)28-17-24(4)16-21-25-26-22(27(21)14-15-29-24)20-13-9-11-18-10-7-8-12-19(18)20/h7-13H,14-17H2,1-6H3. The molecule has 0 saturated carbocycles. The predicted octanol–water partition coefficient (Wildman–Crippen LogP) is 6.17. The number of hydrogen-bond acceptors (Lipinski definition) is 4. The molecule has 3 aromatic rings. The van der Waals surface area contributed by atoms with Crippen LogP contribution < -0.4 is 0 Å². The number of aromatic nitrogens is 3. The number of fused-ring (bicyclic) bond motifs is 2. The molecule has 1 atom stereocenters. The lowest BCUT2D eigenvalue weighted by molar-refractivity contribution is 0.252. The highest BCUT2D eigenvalue weighted by Gasteiger charge is 2.40. The summed E-state index contributed by atoms with van der Waals surface area (Å²) in [7, 11) is -1.78. The average Bonchev–Trinajstić information content (AvgIpc) is 2.99. The second-order valence-corrected chi connectivity index (χ2v) is 16.6. The van der Waals surface area contributed by atoms with Crippen molar-refractivity contribution >= 4 is 30.9 Å². The molecule has 1 unspecified atom stereocenters. The number of rotatable bonds is 4. The van der Waals surface area contributed by atoms with Crippen molar-refractivity contribution in [3.05, 3.63) is 48.3 Å². The highest BCUT2D eigenvalue weighted by molar-refractivity contribution is 8.00. The minimum atomic E-state index is -1.78. The van der Waals surface area contributed by atoms with Crippen LogP contribution in [0.1, 0.15) is 33.5 Å². The first-order valence-corrected chi connectivity index (χ1v) is 14.7. The molecule has 0 radical (unpaired) electrons. The van der Waals surface area contributed by atoms with Gasteiger partial charge in [-0.05, 0) is 35.8 Å². The zero-order chi connectivity index (χ0) is 21.6. The van der Waals surface area contributed by atoms with Crippen molar-refractivity contribution in [1.82, 2.24) is 14.8 Å². The lowest BCUT2D eigenvalue weighted by atomic mass is 10.0. The second-order valence-electron chi connectivity index (χ2n) is 10.1. The summed E-state index contributed by atoms with van der Waals surface area (Å²) in [6.45, 7) is 15.6. The van der Waals surface area contributed by atoms with E-state index in [9.17, 15) is 0 Å². The van der Waals surface area contributed by atoms with Gasteiger partial charge >= 0.3 is 0 Å². The molecule has 160 valence electrons. The van der Waals surface area contributed by atoms with Gasteiger partial charge in [0.15, 0.2) is 14.1 Å². The molecule has 0 amide bonds. The third-order valence-corrected chi connectivity index (χ3v) is 12.5. The van der Waals surface area contributed by atoms with Crippen LogP contribution in [0.2, 0.25) is 18.1 Å². The van der Waals surface area contributed by atoms with Crippen LogP contribution in [0.5, 0.6) is 0 Å². The van der Waals surface area contributed by atoms with Crippen molar-refractivity contribution in [3.63, 3.8) is 0 Å². The number of nitrogens with zero attached hydrogens (tertiary/aromatic N) is 3. The van der Waals surface area contributed by atoms with Gasteiger partial charge in [0, 0.05) is 35.6 Å². The van der Waals surface area contributed by atoms with Crippen molar-refractivity contribution in [3.8, 4) is 11.4 Å². The summed E-state index contributed by atoms with van der Waals surface area (Å²) >= 11 is 2.02. The lowest BCUT2D eigenvalue weighted by Crippen LogP contribution is -2.45. The lowest BCUT2D eigenvalue weighted by Gasteiger charge is -2.39. The maximum Gasteiger partial charge on any atom is 0.192 e. The van der Waals surface area contributed by atoms with Gasteiger partial charge in [-0.25, -0.2) is 0 Å². The Morgan fingerprint density at radius 1 is 1.10 bits per heavy atom. The van der Waals surface area contributed by atoms with Crippen LogP contribution in [0, 0.1) is 0 Å². The smallest absolute Gasteiger partial charge is 0.192 e. The molecule has 1 aliphatic rings. The van der Waals surface area contributed by atoms with Crippen molar-refractivity contribution in [2.75, 3.05) is 12.4 Å². The minimum Gasteiger partial charge on any atom is -0.415 e. The Morgan fingerprint density at radius 2 is 1.83 bits per heavy atom. The van der Waals surface area contributed by atoms with Crippen LogP contribution in [0.15, 0.2) is 42.5 Å². The van der Waals surface area contributed by atoms with Crippen LogP contribution in [-0.2, 0) is 17.4 Å². The monoisotopic (exact) mass is 439 g/mol. The molecule has 6 heteroatoms. The maximum atomic E-state index is 6.62.